The fraction of sp³-hybridized carbons (Fsp3) is 0.611. The van der Waals surface area contributed by atoms with E-state index in [-0.39, 0.29) is 23.5 Å². The van der Waals surface area contributed by atoms with Crippen molar-refractivity contribution < 1.29 is 13.2 Å². The molecule has 1 aliphatic carbocycles. The summed E-state index contributed by atoms with van der Waals surface area (Å²) >= 11 is 0. The van der Waals surface area contributed by atoms with Gasteiger partial charge in [0, 0.05) is 18.7 Å². The van der Waals surface area contributed by atoms with Gasteiger partial charge in [0.25, 0.3) is 5.91 Å². The largest absolute Gasteiger partial charge is 0.338 e. The second kappa shape index (κ2) is 6.63. The molecule has 1 heterocycles. The van der Waals surface area contributed by atoms with Crippen LogP contribution in [0.15, 0.2) is 24.3 Å². The zero-order chi connectivity index (χ0) is 16.4. The lowest BCUT2D eigenvalue weighted by atomic mass is 9.84. The van der Waals surface area contributed by atoms with Gasteiger partial charge in [-0.15, -0.1) is 0 Å². The Morgan fingerprint density at radius 1 is 1.04 bits per heavy atom. The predicted molar refractivity (Wildman–Crippen MR) is 91.4 cm³/mol. The summed E-state index contributed by atoms with van der Waals surface area (Å²) in [5, 5.41) is 0. The van der Waals surface area contributed by atoms with Crippen LogP contribution in [-0.4, -0.2) is 43.8 Å². The van der Waals surface area contributed by atoms with Crippen LogP contribution >= 0.6 is 0 Å². The molecule has 0 unspecified atom stereocenters. The summed E-state index contributed by atoms with van der Waals surface area (Å²) in [5.41, 5.74) is 1.98. The van der Waals surface area contributed by atoms with E-state index in [0.29, 0.717) is 17.9 Å². The number of hydrogen-bond acceptors (Lipinski definition) is 3. The summed E-state index contributed by atoms with van der Waals surface area (Å²) in [6.07, 6.45) is 6.96. The molecule has 2 fully saturated rings. The van der Waals surface area contributed by atoms with Gasteiger partial charge in [-0.25, -0.2) is 8.42 Å². The number of rotatable bonds is 3. The van der Waals surface area contributed by atoms with Gasteiger partial charge in [0.05, 0.1) is 11.5 Å². The minimum Gasteiger partial charge on any atom is -0.338 e. The van der Waals surface area contributed by atoms with Crippen molar-refractivity contribution in [1.29, 1.82) is 0 Å². The summed E-state index contributed by atoms with van der Waals surface area (Å²) < 4.78 is 23.2. The Bertz CT molecular complexity index is 660. The molecule has 2 aliphatic rings. The average Bonchev–Trinajstić information content (AvgIpc) is 2.94. The van der Waals surface area contributed by atoms with Gasteiger partial charge in [0.15, 0.2) is 9.84 Å². The van der Waals surface area contributed by atoms with Crippen molar-refractivity contribution in [1.82, 2.24) is 4.90 Å². The average molecular weight is 335 g/mol. The van der Waals surface area contributed by atoms with E-state index in [4.69, 9.17) is 0 Å². The minimum atomic E-state index is -2.97. The molecule has 126 valence electrons. The molecule has 23 heavy (non-hydrogen) atoms. The SMILES string of the molecule is CN(C(=O)c1ccc(C2CCCCC2)cc1)[C@H]1CCS(=O)(=O)C1. The monoisotopic (exact) mass is 335 g/mol. The highest BCUT2D eigenvalue weighted by atomic mass is 32.2. The van der Waals surface area contributed by atoms with Crippen LogP contribution in [-0.2, 0) is 9.84 Å². The highest BCUT2D eigenvalue weighted by Crippen LogP contribution is 2.32. The molecular formula is C18H25NO3S. The first kappa shape index (κ1) is 16.5. The lowest BCUT2D eigenvalue weighted by molar-refractivity contribution is 0.0747. The Morgan fingerprint density at radius 2 is 1.70 bits per heavy atom. The van der Waals surface area contributed by atoms with Gasteiger partial charge >= 0.3 is 0 Å². The van der Waals surface area contributed by atoms with Crippen molar-refractivity contribution in [2.75, 3.05) is 18.6 Å². The Kier molecular flexibility index (Phi) is 4.76. The maximum atomic E-state index is 12.6. The lowest BCUT2D eigenvalue weighted by Crippen LogP contribution is -2.37. The molecule has 3 rings (SSSR count). The number of nitrogens with zero attached hydrogens (tertiary/aromatic N) is 1. The third-order valence-electron chi connectivity index (χ3n) is 5.31. The molecule has 0 spiro atoms. The smallest absolute Gasteiger partial charge is 0.253 e. The molecular weight excluding hydrogens is 310 g/mol. The van der Waals surface area contributed by atoms with Crippen molar-refractivity contribution >= 4 is 15.7 Å². The van der Waals surface area contributed by atoms with Gasteiger partial charge in [-0.2, -0.15) is 0 Å². The molecule has 0 radical (unpaired) electrons. The van der Waals surface area contributed by atoms with Crippen LogP contribution in [0.2, 0.25) is 0 Å². The molecule has 1 aliphatic heterocycles. The van der Waals surface area contributed by atoms with Gasteiger partial charge in [-0.1, -0.05) is 31.4 Å². The predicted octanol–water partition coefficient (Wildman–Crippen LogP) is 2.99. The summed E-state index contributed by atoms with van der Waals surface area (Å²) in [6, 6.07) is 7.74. The van der Waals surface area contributed by atoms with E-state index in [1.165, 1.54) is 37.7 Å². The standard InChI is InChI=1S/C18H25NO3S/c1-19(17-11-12-23(21,22)13-17)18(20)16-9-7-15(8-10-16)14-5-3-2-4-6-14/h7-10,14,17H,2-6,11-13H2,1H3/t17-/m0/s1. The van der Waals surface area contributed by atoms with Crippen LogP contribution in [0, 0.1) is 0 Å². The van der Waals surface area contributed by atoms with E-state index in [2.05, 4.69) is 12.1 Å². The van der Waals surface area contributed by atoms with Gasteiger partial charge in [-0.3, -0.25) is 4.79 Å². The zero-order valence-corrected chi connectivity index (χ0v) is 14.5. The Hall–Kier alpha value is -1.36. The molecule has 0 bridgehead atoms. The second-order valence-electron chi connectivity index (χ2n) is 6.93. The Morgan fingerprint density at radius 3 is 2.26 bits per heavy atom. The van der Waals surface area contributed by atoms with Crippen LogP contribution in [0.3, 0.4) is 0 Å². The molecule has 4 nitrogen and oxygen atoms in total. The summed E-state index contributed by atoms with van der Waals surface area (Å²) in [4.78, 5) is 14.2. The lowest BCUT2D eigenvalue weighted by Gasteiger charge is -2.24. The normalized spacial score (nSPS) is 24.5. The van der Waals surface area contributed by atoms with Gasteiger partial charge in [0.2, 0.25) is 0 Å². The molecule has 1 amide bonds. The number of carbonyl (C=O) groups is 1. The maximum Gasteiger partial charge on any atom is 0.253 e. The number of benzene rings is 1. The van der Waals surface area contributed by atoms with E-state index in [1.807, 2.05) is 12.1 Å². The van der Waals surface area contributed by atoms with Crippen molar-refractivity contribution in [3.05, 3.63) is 35.4 Å². The molecule has 1 atom stereocenters. The number of carbonyl (C=O) groups excluding carboxylic acids is 1. The quantitative estimate of drug-likeness (QED) is 0.853. The van der Waals surface area contributed by atoms with Crippen molar-refractivity contribution in [2.24, 2.45) is 0 Å². The van der Waals surface area contributed by atoms with Gasteiger partial charge < -0.3 is 4.90 Å². The minimum absolute atomic E-state index is 0.0812. The van der Waals surface area contributed by atoms with Crippen molar-refractivity contribution in [3.63, 3.8) is 0 Å². The number of hydrogen-bond donors (Lipinski definition) is 0. The van der Waals surface area contributed by atoms with Gasteiger partial charge in [0.1, 0.15) is 0 Å². The third kappa shape index (κ3) is 3.77. The van der Waals surface area contributed by atoms with E-state index in [1.54, 1.807) is 11.9 Å². The number of sulfone groups is 1. The van der Waals surface area contributed by atoms with E-state index in [9.17, 15) is 13.2 Å². The molecule has 1 saturated heterocycles. The molecule has 0 aromatic heterocycles. The van der Waals surface area contributed by atoms with Crippen LogP contribution in [0.25, 0.3) is 0 Å². The Labute approximate surface area is 138 Å². The highest BCUT2D eigenvalue weighted by Gasteiger charge is 2.33. The summed E-state index contributed by atoms with van der Waals surface area (Å²) in [7, 11) is -1.26. The third-order valence-corrected chi connectivity index (χ3v) is 7.06. The summed E-state index contributed by atoms with van der Waals surface area (Å²) in [6.45, 7) is 0. The van der Waals surface area contributed by atoms with Crippen molar-refractivity contribution in [3.8, 4) is 0 Å². The fourth-order valence-electron chi connectivity index (χ4n) is 3.78. The second-order valence-corrected chi connectivity index (χ2v) is 9.16. The van der Waals surface area contributed by atoms with Crippen LogP contribution in [0.5, 0.6) is 0 Å². The van der Waals surface area contributed by atoms with E-state index in [0.717, 1.165) is 0 Å². The molecule has 1 saturated carbocycles. The topological polar surface area (TPSA) is 54.5 Å². The van der Waals surface area contributed by atoms with E-state index < -0.39 is 9.84 Å². The van der Waals surface area contributed by atoms with Crippen molar-refractivity contribution in [2.45, 2.75) is 50.5 Å². The number of amides is 1. The van der Waals surface area contributed by atoms with Crippen LogP contribution < -0.4 is 0 Å². The Balaban J connectivity index is 1.67. The molecule has 1 aromatic carbocycles. The first-order chi connectivity index (χ1) is 11.0. The molecule has 0 N–H and O–H groups in total. The first-order valence-corrected chi connectivity index (χ1v) is 10.4. The summed E-state index contributed by atoms with van der Waals surface area (Å²) in [5.74, 6) is 0.832. The van der Waals surface area contributed by atoms with Crippen LogP contribution in [0.4, 0.5) is 0 Å². The molecule has 1 aromatic rings. The zero-order valence-electron chi connectivity index (χ0n) is 13.7. The fourth-order valence-corrected chi connectivity index (χ4v) is 5.56. The highest BCUT2D eigenvalue weighted by molar-refractivity contribution is 7.91. The molecule has 5 heteroatoms. The van der Waals surface area contributed by atoms with Gasteiger partial charge in [-0.05, 0) is 42.9 Å². The maximum absolute atomic E-state index is 12.6. The first-order valence-electron chi connectivity index (χ1n) is 8.54. The van der Waals surface area contributed by atoms with Crippen LogP contribution in [0.1, 0.15) is 60.4 Å². The van der Waals surface area contributed by atoms with E-state index >= 15 is 0 Å².